The monoisotopic (exact) mass is 258 g/mol. The summed E-state index contributed by atoms with van der Waals surface area (Å²) in [5.74, 6) is -0.522. The summed E-state index contributed by atoms with van der Waals surface area (Å²) in [4.78, 5) is 12.1. The van der Waals surface area contributed by atoms with Gasteiger partial charge in [0.1, 0.15) is 5.75 Å². The topological polar surface area (TPSA) is 66.8 Å². The van der Waals surface area contributed by atoms with Crippen LogP contribution >= 0.6 is 0 Å². The van der Waals surface area contributed by atoms with Crippen LogP contribution in [0.15, 0.2) is 42.5 Å². The lowest BCUT2D eigenvalue weighted by molar-refractivity contribution is 0.0990. The second-order valence-electron chi connectivity index (χ2n) is 4.13. The Morgan fingerprint density at radius 1 is 1.11 bits per heavy atom. The number of benzene rings is 2. The van der Waals surface area contributed by atoms with Crippen molar-refractivity contribution in [3.05, 3.63) is 53.6 Å². The summed E-state index contributed by atoms with van der Waals surface area (Å²) in [5, 5.41) is 19.2. The molecule has 0 atom stereocenters. The van der Waals surface area contributed by atoms with Gasteiger partial charge in [-0.3, -0.25) is 4.79 Å². The minimum atomic E-state index is -0.251. The van der Waals surface area contributed by atoms with Crippen LogP contribution in [-0.2, 0) is 6.42 Å². The van der Waals surface area contributed by atoms with Gasteiger partial charge < -0.3 is 14.9 Å². The lowest BCUT2D eigenvalue weighted by atomic mass is 10.0. The third kappa shape index (κ3) is 2.85. The Morgan fingerprint density at radius 3 is 2.42 bits per heavy atom. The molecule has 2 rings (SSSR count). The van der Waals surface area contributed by atoms with Crippen molar-refractivity contribution in [1.82, 2.24) is 0 Å². The standard InChI is InChI=1S/C15H14O4/c1-19-15-8-11(13(17)9-14(15)18)12(16)7-10-5-3-2-4-6-10/h2-6,8-9,17-18H,7H2,1H3. The van der Waals surface area contributed by atoms with Crippen molar-refractivity contribution >= 4 is 5.78 Å². The number of hydrogen-bond acceptors (Lipinski definition) is 4. The molecule has 2 aromatic rings. The lowest BCUT2D eigenvalue weighted by Gasteiger charge is -2.08. The highest BCUT2D eigenvalue weighted by Gasteiger charge is 2.15. The summed E-state index contributed by atoms with van der Waals surface area (Å²) in [6, 6.07) is 11.7. The fourth-order valence-electron chi connectivity index (χ4n) is 1.82. The molecule has 0 aliphatic heterocycles. The van der Waals surface area contributed by atoms with Crippen molar-refractivity contribution in [2.75, 3.05) is 7.11 Å². The summed E-state index contributed by atoms with van der Waals surface area (Å²) in [6.07, 6.45) is 0.183. The number of ether oxygens (including phenoxy) is 1. The Kier molecular flexibility index (Phi) is 3.71. The van der Waals surface area contributed by atoms with E-state index >= 15 is 0 Å². The molecule has 0 saturated heterocycles. The fourth-order valence-corrected chi connectivity index (χ4v) is 1.82. The molecule has 0 aliphatic rings. The Balaban J connectivity index is 2.29. The van der Waals surface area contributed by atoms with Crippen molar-refractivity contribution in [2.24, 2.45) is 0 Å². The minimum absolute atomic E-state index is 0.138. The van der Waals surface area contributed by atoms with E-state index in [4.69, 9.17) is 4.74 Å². The van der Waals surface area contributed by atoms with Crippen molar-refractivity contribution in [2.45, 2.75) is 6.42 Å². The van der Waals surface area contributed by atoms with Gasteiger partial charge in [0.2, 0.25) is 0 Å². The van der Waals surface area contributed by atoms with E-state index in [1.54, 1.807) is 0 Å². The SMILES string of the molecule is COc1cc(C(=O)Cc2ccccc2)c(O)cc1O. The molecular weight excluding hydrogens is 244 g/mol. The van der Waals surface area contributed by atoms with E-state index in [2.05, 4.69) is 0 Å². The van der Waals surface area contributed by atoms with Crippen LogP contribution in [-0.4, -0.2) is 23.1 Å². The number of rotatable bonds is 4. The van der Waals surface area contributed by atoms with Crippen LogP contribution in [0.3, 0.4) is 0 Å². The highest BCUT2D eigenvalue weighted by Crippen LogP contribution is 2.33. The molecule has 0 saturated carbocycles. The smallest absolute Gasteiger partial charge is 0.171 e. The summed E-state index contributed by atoms with van der Waals surface area (Å²) in [6.45, 7) is 0. The molecule has 2 aromatic carbocycles. The maximum atomic E-state index is 12.1. The first-order valence-electron chi connectivity index (χ1n) is 5.79. The van der Waals surface area contributed by atoms with Crippen LogP contribution in [0.5, 0.6) is 17.2 Å². The molecule has 0 spiro atoms. The molecule has 0 fully saturated rings. The molecule has 0 unspecified atom stereocenters. The zero-order chi connectivity index (χ0) is 13.8. The second-order valence-corrected chi connectivity index (χ2v) is 4.13. The molecule has 0 radical (unpaired) electrons. The summed E-state index contributed by atoms with van der Waals surface area (Å²) in [7, 11) is 1.39. The van der Waals surface area contributed by atoms with E-state index in [-0.39, 0.29) is 35.0 Å². The maximum absolute atomic E-state index is 12.1. The maximum Gasteiger partial charge on any atom is 0.171 e. The van der Waals surface area contributed by atoms with Crippen LogP contribution in [0.4, 0.5) is 0 Å². The van der Waals surface area contributed by atoms with Gasteiger partial charge in [-0.15, -0.1) is 0 Å². The molecule has 2 N–H and O–H groups in total. The van der Waals surface area contributed by atoms with Crippen LogP contribution in [0.25, 0.3) is 0 Å². The van der Waals surface area contributed by atoms with Crippen molar-refractivity contribution in [1.29, 1.82) is 0 Å². The van der Waals surface area contributed by atoms with Crippen molar-refractivity contribution in [3.8, 4) is 17.2 Å². The van der Waals surface area contributed by atoms with Gasteiger partial charge in [-0.25, -0.2) is 0 Å². The predicted molar refractivity (Wildman–Crippen MR) is 70.8 cm³/mol. The second kappa shape index (κ2) is 5.44. The molecule has 98 valence electrons. The van der Waals surface area contributed by atoms with Gasteiger partial charge in [0.25, 0.3) is 0 Å². The van der Waals surface area contributed by atoms with Crippen LogP contribution in [0, 0.1) is 0 Å². The first kappa shape index (κ1) is 13.0. The average Bonchev–Trinajstić information content (AvgIpc) is 2.40. The van der Waals surface area contributed by atoms with Gasteiger partial charge in [0.15, 0.2) is 17.3 Å². The van der Waals surface area contributed by atoms with Crippen LogP contribution in [0.2, 0.25) is 0 Å². The Morgan fingerprint density at radius 2 is 1.79 bits per heavy atom. The molecule has 0 amide bonds. The largest absolute Gasteiger partial charge is 0.507 e. The molecule has 4 nitrogen and oxygen atoms in total. The van der Waals surface area contributed by atoms with E-state index in [0.29, 0.717) is 0 Å². The average molecular weight is 258 g/mol. The van der Waals surface area contributed by atoms with Gasteiger partial charge in [0.05, 0.1) is 12.7 Å². The third-order valence-corrected chi connectivity index (χ3v) is 2.81. The molecule has 0 heterocycles. The van der Waals surface area contributed by atoms with Gasteiger partial charge >= 0.3 is 0 Å². The van der Waals surface area contributed by atoms with E-state index < -0.39 is 0 Å². The van der Waals surface area contributed by atoms with Gasteiger partial charge in [0, 0.05) is 12.5 Å². The molecule has 0 aromatic heterocycles. The number of hydrogen-bond donors (Lipinski definition) is 2. The summed E-state index contributed by atoms with van der Waals surface area (Å²) < 4.78 is 4.93. The minimum Gasteiger partial charge on any atom is -0.507 e. The molecular formula is C15H14O4. The number of carbonyl (C=O) groups excluding carboxylic acids is 1. The van der Waals surface area contributed by atoms with E-state index in [1.165, 1.54) is 13.2 Å². The van der Waals surface area contributed by atoms with Gasteiger partial charge in [-0.1, -0.05) is 30.3 Å². The number of phenols is 2. The summed E-state index contributed by atoms with van der Waals surface area (Å²) in [5.41, 5.74) is 0.998. The number of ketones is 1. The predicted octanol–water partition coefficient (Wildman–Crippen LogP) is 2.53. The number of carbonyl (C=O) groups is 1. The number of Topliss-reactive ketones (excluding diaryl/α,β-unsaturated/α-hetero) is 1. The van der Waals surface area contributed by atoms with E-state index in [9.17, 15) is 15.0 Å². The summed E-state index contributed by atoms with van der Waals surface area (Å²) >= 11 is 0. The molecule has 4 heteroatoms. The molecule has 19 heavy (non-hydrogen) atoms. The zero-order valence-electron chi connectivity index (χ0n) is 10.5. The quantitative estimate of drug-likeness (QED) is 0.827. The Labute approximate surface area is 110 Å². The first-order chi connectivity index (χ1) is 9.11. The first-order valence-corrected chi connectivity index (χ1v) is 5.79. The third-order valence-electron chi connectivity index (χ3n) is 2.81. The normalized spacial score (nSPS) is 10.2. The van der Waals surface area contributed by atoms with Crippen molar-refractivity contribution < 1.29 is 19.7 Å². The number of methoxy groups -OCH3 is 1. The molecule has 0 bridgehead atoms. The van der Waals surface area contributed by atoms with Crippen LogP contribution in [0.1, 0.15) is 15.9 Å². The van der Waals surface area contributed by atoms with E-state index in [0.717, 1.165) is 11.6 Å². The highest BCUT2D eigenvalue weighted by atomic mass is 16.5. The van der Waals surface area contributed by atoms with Gasteiger partial charge in [-0.05, 0) is 11.6 Å². The number of phenolic OH excluding ortho intramolecular Hbond substituents is 2. The highest BCUT2D eigenvalue weighted by molar-refractivity contribution is 6.00. The fraction of sp³-hybridized carbons (Fsp3) is 0.133. The molecule has 0 aliphatic carbocycles. The van der Waals surface area contributed by atoms with Crippen molar-refractivity contribution in [3.63, 3.8) is 0 Å². The zero-order valence-corrected chi connectivity index (χ0v) is 10.5. The number of aromatic hydroxyl groups is 2. The van der Waals surface area contributed by atoms with Crippen LogP contribution < -0.4 is 4.74 Å². The Hall–Kier alpha value is -2.49. The Bertz CT molecular complexity index is 591. The van der Waals surface area contributed by atoms with Gasteiger partial charge in [-0.2, -0.15) is 0 Å². The van der Waals surface area contributed by atoms with E-state index in [1.807, 2.05) is 30.3 Å². The lowest BCUT2D eigenvalue weighted by Crippen LogP contribution is -2.04.